The van der Waals surface area contributed by atoms with Crippen LogP contribution in [0.2, 0.25) is 15.1 Å². The summed E-state index contributed by atoms with van der Waals surface area (Å²) in [6.07, 6.45) is 7.23. The first-order chi connectivity index (χ1) is 15.3. The van der Waals surface area contributed by atoms with Crippen molar-refractivity contribution in [3.63, 3.8) is 0 Å². The Morgan fingerprint density at radius 2 is 1.69 bits per heavy atom. The Balaban J connectivity index is 1.54. The van der Waals surface area contributed by atoms with Gasteiger partial charge < -0.3 is 9.64 Å². The highest BCUT2D eigenvalue weighted by atomic mass is 35.5. The van der Waals surface area contributed by atoms with E-state index < -0.39 is 0 Å². The molecular weight excluding hydrogens is 487 g/mol. The van der Waals surface area contributed by atoms with Crippen LogP contribution in [0.4, 0.5) is 0 Å². The lowest BCUT2D eigenvalue weighted by atomic mass is 9.94. The Bertz CT molecular complexity index is 1040. The monoisotopic (exact) mass is 508 g/mol. The minimum absolute atomic E-state index is 0.0697. The van der Waals surface area contributed by atoms with Gasteiger partial charge >= 0.3 is 0 Å². The third-order valence-corrected chi connectivity index (χ3v) is 7.14. The van der Waals surface area contributed by atoms with E-state index >= 15 is 0 Å². The first kappa shape index (κ1) is 23.4. The molecule has 2 aliphatic rings. The van der Waals surface area contributed by atoms with Gasteiger partial charge in [-0.25, -0.2) is 0 Å². The quantitative estimate of drug-likeness (QED) is 0.322. The number of rotatable bonds is 5. The number of likely N-dealkylation sites (N-methyl/N-ethyl adjacent to an activating group) is 1. The molecule has 0 N–H and O–H groups in total. The van der Waals surface area contributed by atoms with Crippen LogP contribution in [0.25, 0.3) is 6.08 Å². The smallest absolute Gasteiger partial charge is 0.277 e. The number of benzene rings is 2. The Labute approximate surface area is 208 Å². The van der Waals surface area contributed by atoms with Gasteiger partial charge in [0, 0.05) is 18.1 Å². The minimum atomic E-state index is -0.0697. The number of nitrogens with zero attached hydrogens (tertiary/aromatic N) is 2. The van der Waals surface area contributed by atoms with E-state index in [9.17, 15) is 4.79 Å². The van der Waals surface area contributed by atoms with Gasteiger partial charge in [0.1, 0.15) is 12.3 Å². The van der Waals surface area contributed by atoms with E-state index in [0.717, 1.165) is 31.2 Å². The average Bonchev–Trinajstić information content (AvgIpc) is 2.98. The molecule has 0 bridgehead atoms. The highest BCUT2D eigenvalue weighted by Crippen LogP contribution is 2.37. The van der Waals surface area contributed by atoms with Gasteiger partial charge in [-0.2, -0.15) is 0 Å². The van der Waals surface area contributed by atoms with Crippen molar-refractivity contribution >= 4 is 64.1 Å². The van der Waals surface area contributed by atoms with Crippen molar-refractivity contribution in [1.82, 2.24) is 9.80 Å². The van der Waals surface area contributed by atoms with Gasteiger partial charge in [-0.15, -0.1) is 0 Å². The lowest BCUT2D eigenvalue weighted by molar-refractivity contribution is -0.124. The van der Waals surface area contributed by atoms with Crippen molar-refractivity contribution in [2.75, 3.05) is 7.05 Å². The molecule has 2 aromatic carbocycles. The number of thiocarbonyl (C=S) groups is 1. The zero-order chi connectivity index (χ0) is 22.8. The Kier molecular flexibility index (Phi) is 7.30. The first-order valence-corrected chi connectivity index (χ1v) is 12.1. The van der Waals surface area contributed by atoms with Crippen molar-refractivity contribution in [3.05, 3.63) is 68.3 Å². The second-order valence-electron chi connectivity index (χ2n) is 8.07. The summed E-state index contributed by atoms with van der Waals surface area (Å²) in [4.78, 5) is 16.7. The van der Waals surface area contributed by atoms with E-state index in [2.05, 4.69) is 0 Å². The van der Waals surface area contributed by atoms with Crippen molar-refractivity contribution in [3.8, 4) is 5.75 Å². The maximum atomic E-state index is 13.2. The van der Waals surface area contributed by atoms with E-state index in [-0.39, 0.29) is 11.9 Å². The fourth-order valence-electron chi connectivity index (χ4n) is 4.13. The molecule has 4 rings (SSSR count). The molecule has 0 unspecified atom stereocenters. The Morgan fingerprint density at radius 3 is 2.31 bits per heavy atom. The van der Waals surface area contributed by atoms with Crippen LogP contribution in [-0.4, -0.2) is 33.9 Å². The van der Waals surface area contributed by atoms with Crippen LogP contribution in [0.15, 0.2) is 42.1 Å². The second kappa shape index (κ2) is 10.0. The molecule has 2 fully saturated rings. The van der Waals surface area contributed by atoms with Gasteiger partial charge in [0.2, 0.25) is 0 Å². The van der Waals surface area contributed by atoms with Crippen LogP contribution in [-0.2, 0) is 11.4 Å². The van der Waals surface area contributed by atoms with Gasteiger partial charge in [0.05, 0.1) is 10.0 Å². The molecule has 1 aliphatic carbocycles. The summed E-state index contributed by atoms with van der Waals surface area (Å²) in [5, 5.41) is 1.96. The number of carbonyl (C=O) groups is 1. The molecule has 168 valence electrons. The third-order valence-electron chi connectivity index (χ3n) is 5.85. The predicted molar refractivity (Wildman–Crippen MR) is 134 cm³/mol. The summed E-state index contributed by atoms with van der Waals surface area (Å²) in [6.45, 7) is 0.308. The summed E-state index contributed by atoms with van der Waals surface area (Å²) >= 11 is 24.4. The number of halogens is 3. The zero-order valence-corrected chi connectivity index (χ0v) is 20.7. The minimum Gasteiger partial charge on any atom is -0.486 e. The summed E-state index contributed by atoms with van der Waals surface area (Å²) in [7, 11) is 1.82. The molecule has 4 nitrogen and oxygen atoms in total. The van der Waals surface area contributed by atoms with Crippen LogP contribution in [0.3, 0.4) is 0 Å². The molecule has 1 aliphatic heterocycles. The van der Waals surface area contributed by atoms with E-state index in [0.29, 0.717) is 43.8 Å². The topological polar surface area (TPSA) is 32.8 Å². The first-order valence-electron chi connectivity index (χ1n) is 10.5. The van der Waals surface area contributed by atoms with Crippen molar-refractivity contribution in [2.24, 2.45) is 0 Å². The van der Waals surface area contributed by atoms with Gasteiger partial charge in [-0.1, -0.05) is 66.2 Å². The van der Waals surface area contributed by atoms with E-state index in [1.54, 1.807) is 40.1 Å². The summed E-state index contributed by atoms with van der Waals surface area (Å²) < 4.78 is 5.84. The van der Waals surface area contributed by atoms with Crippen LogP contribution in [0.1, 0.15) is 43.2 Å². The molecule has 8 heteroatoms. The van der Waals surface area contributed by atoms with Crippen molar-refractivity contribution in [2.45, 2.75) is 44.8 Å². The van der Waals surface area contributed by atoms with Crippen LogP contribution in [0.5, 0.6) is 5.75 Å². The number of hydrogen-bond donors (Lipinski definition) is 0. The maximum Gasteiger partial charge on any atom is 0.277 e. The highest BCUT2D eigenvalue weighted by Gasteiger charge is 2.40. The van der Waals surface area contributed by atoms with Crippen LogP contribution < -0.4 is 4.74 Å². The van der Waals surface area contributed by atoms with Gasteiger partial charge in [0.15, 0.2) is 10.9 Å². The van der Waals surface area contributed by atoms with Gasteiger partial charge in [-0.3, -0.25) is 9.69 Å². The molecule has 32 heavy (non-hydrogen) atoms. The lowest BCUT2D eigenvalue weighted by Gasteiger charge is -2.30. The predicted octanol–water partition coefficient (Wildman–Crippen LogP) is 6.96. The van der Waals surface area contributed by atoms with E-state index in [4.69, 9.17) is 51.8 Å². The van der Waals surface area contributed by atoms with Crippen LogP contribution >= 0.6 is 47.0 Å². The lowest BCUT2D eigenvalue weighted by Crippen LogP contribution is -2.41. The molecule has 1 heterocycles. The van der Waals surface area contributed by atoms with Crippen molar-refractivity contribution in [1.29, 1.82) is 0 Å². The van der Waals surface area contributed by atoms with Crippen molar-refractivity contribution < 1.29 is 9.53 Å². The Hall–Kier alpha value is -1.79. The standard InChI is InChI=1S/C24H23Cl3N2O2S/c1-28-21(23(30)29(24(28)32)18-5-3-2-4-6-18)13-16-11-19(26)22(20(27)12-16)31-14-15-7-9-17(25)10-8-15/h7-13,18H,2-6,14H2,1H3/b21-13-. The fraction of sp³-hybridized carbons (Fsp3) is 0.333. The number of carbonyl (C=O) groups excluding carboxylic acids is 1. The zero-order valence-electron chi connectivity index (χ0n) is 17.6. The summed E-state index contributed by atoms with van der Waals surface area (Å²) in [5.74, 6) is 0.329. The summed E-state index contributed by atoms with van der Waals surface area (Å²) in [5.41, 5.74) is 2.17. The molecule has 0 atom stereocenters. The fourth-order valence-corrected chi connectivity index (χ4v) is 5.20. The summed E-state index contributed by atoms with van der Waals surface area (Å²) in [6, 6.07) is 11.0. The Morgan fingerprint density at radius 1 is 1.06 bits per heavy atom. The number of hydrogen-bond acceptors (Lipinski definition) is 3. The largest absolute Gasteiger partial charge is 0.486 e. The molecule has 1 saturated carbocycles. The average molecular weight is 510 g/mol. The molecule has 0 radical (unpaired) electrons. The normalized spacial score (nSPS) is 18.7. The third kappa shape index (κ3) is 4.91. The maximum absolute atomic E-state index is 13.2. The van der Waals surface area contributed by atoms with Gasteiger partial charge in [-0.05, 0) is 66.5 Å². The molecular formula is C24H23Cl3N2O2S. The van der Waals surface area contributed by atoms with Gasteiger partial charge in [0.25, 0.3) is 5.91 Å². The molecule has 0 aromatic heterocycles. The molecule has 1 saturated heterocycles. The molecule has 2 aromatic rings. The SMILES string of the molecule is CN1C(=S)N(C2CCCCC2)C(=O)/C1=C/c1cc(Cl)c(OCc2ccc(Cl)cc2)c(Cl)c1. The highest BCUT2D eigenvalue weighted by molar-refractivity contribution is 7.80. The number of amides is 1. The second-order valence-corrected chi connectivity index (χ2v) is 9.68. The van der Waals surface area contributed by atoms with E-state index in [1.807, 2.05) is 19.2 Å². The number of ether oxygens (including phenoxy) is 1. The molecule has 1 amide bonds. The van der Waals surface area contributed by atoms with E-state index in [1.165, 1.54) is 6.42 Å². The van der Waals surface area contributed by atoms with Crippen LogP contribution in [0, 0.1) is 0 Å². The molecule has 0 spiro atoms.